The van der Waals surface area contributed by atoms with Crippen molar-refractivity contribution in [1.82, 2.24) is 9.97 Å². The van der Waals surface area contributed by atoms with Crippen LogP contribution in [-0.4, -0.2) is 16.2 Å². The number of nitrogens with zero attached hydrogens (tertiary/aromatic N) is 3. The number of hydrogen-bond acceptors (Lipinski definition) is 4. The predicted octanol–water partition coefficient (Wildman–Crippen LogP) is 3.64. The van der Waals surface area contributed by atoms with Gasteiger partial charge in [-0.25, -0.2) is 4.98 Å². The summed E-state index contributed by atoms with van der Waals surface area (Å²) in [6, 6.07) is 9.64. The predicted molar refractivity (Wildman–Crippen MR) is 80.4 cm³/mol. The van der Waals surface area contributed by atoms with Crippen molar-refractivity contribution in [2.45, 2.75) is 17.7 Å². The molecule has 94 valence electrons. The molecule has 0 fully saturated rings. The first kappa shape index (κ1) is 12.1. The maximum absolute atomic E-state index is 4.63. The molecule has 0 aliphatic carbocycles. The van der Waals surface area contributed by atoms with Gasteiger partial charge in [0.15, 0.2) is 0 Å². The molecular weight excluding hydrogens is 254 g/mol. The molecule has 0 aromatic carbocycles. The molecule has 1 aliphatic heterocycles. The molecule has 0 atom stereocenters. The quantitative estimate of drug-likeness (QED) is 0.844. The molecule has 0 saturated heterocycles. The van der Waals surface area contributed by atoms with Crippen LogP contribution < -0.4 is 0 Å². The fourth-order valence-electron chi connectivity index (χ4n) is 1.97. The van der Waals surface area contributed by atoms with Crippen molar-refractivity contribution in [3.8, 4) is 11.4 Å². The molecule has 0 unspecified atom stereocenters. The van der Waals surface area contributed by atoms with E-state index in [1.807, 2.05) is 36.5 Å². The van der Waals surface area contributed by atoms with Crippen LogP contribution in [0.3, 0.4) is 0 Å². The Kier molecular flexibility index (Phi) is 3.42. The van der Waals surface area contributed by atoms with Gasteiger partial charge in [-0.1, -0.05) is 12.1 Å². The first-order valence-corrected chi connectivity index (χ1v) is 6.63. The van der Waals surface area contributed by atoms with Crippen molar-refractivity contribution in [1.29, 1.82) is 0 Å². The van der Waals surface area contributed by atoms with Crippen molar-refractivity contribution in [3.63, 3.8) is 0 Å². The lowest BCUT2D eigenvalue weighted by atomic mass is 10.1. The van der Waals surface area contributed by atoms with E-state index in [4.69, 9.17) is 0 Å². The van der Waals surface area contributed by atoms with Crippen molar-refractivity contribution in [2.75, 3.05) is 0 Å². The molecule has 3 rings (SSSR count). The van der Waals surface area contributed by atoms with Gasteiger partial charge in [0.25, 0.3) is 0 Å². The summed E-state index contributed by atoms with van der Waals surface area (Å²) < 4.78 is 0. The van der Waals surface area contributed by atoms with Gasteiger partial charge in [0.05, 0.1) is 22.8 Å². The Hall–Kier alpha value is -1.94. The second-order valence-electron chi connectivity index (χ2n) is 4.29. The van der Waals surface area contributed by atoms with Crippen LogP contribution in [-0.2, 0) is 0 Å². The fraction of sp³-hybridized carbons (Fsp3) is 0.133. The van der Waals surface area contributed by atoms with E-state index < -0.39 is 0 Å². The zero-order valence-corrected chi connectivity index (χ0v) is 11.2. The van der Waals surface area contributed by atoms with Crippen molar-refractivity contribution in [3.05, 3.63) is 48.3 Å². The summed E-state index contributed by atoms with van der Waals surface area (Å²) in [5, 5.41) is 0. The van der Waals surface area contributed by atoms with Gasteiger partial charge in [0, 0.05) is 17.3 Å². The summed E-state index contributed by atoms with van der Waals surface area (Å²) >= 11 is 4.45. The first-order chi connectivity index (χ1) is 9.33. The number of aliphatic imine (C=N–C) groups is 1. The molecule has 0 spiro atoms. The lowest BCUT2D eigenvalue weighted by Gasteiger charge is -2.08. The van der Waals surface area contributed by atoms with Crippen LogP contribution in [0.5, 0.6) is 0 Å². The van der Waals surface area contributed by atoms with E-state index in [1.54, 1.807) is 6.20 Å². The zero-order chi connectivity index (χ0) is 13.1. The molecule has 4 heteroatoms. The first-order valence-electron chi connectivity index (χ1n) is 6.18. The minimum Gasteiger partial charge on any atom is -0.259 e. The van der Waals surface area contributed by atoms with Gasteiger partial charge in [-0.3, -0.25) is 9.98 Å². The molecule has 2 aromatic rings. The van der Waals surface area contributed by atoms with Crippen LogP contribution in [0.4, 0.5) is 0 Å². The molecule has 3 nitrogen and oxygen atoms in total. The molecule has 0 amide bonds. The maximum atomic E-state index is 4.63. The topological polar surface area (TPSA) is 38.1 Å². The van der Waals surface area contributed by atoms with E-state index in [0.29, 0.717) is 0 Å². The van der Waals surface area contributed by atoms with Gasteiger partial charge >= 0.3 is 0 Å². The molecule has 0 N–H and O–H groups in total. The molecule has 1 aliphatic rings. The molecule has 0 radical (unpaired) electrons. The minimum absolute atomic E-state index is 0.824. The monoisotopic (exact) mass is 267 g/mol. The maximum Gasteiger partial charge on any atom is 0.0905 e. The van der Waals surface area contributed by atoms with Gasteiger partial charge in [-0.05, 0) is 37.1 Å². The standard InChI is InChI=1S/C15H13N3S/c19-11-9-14(12-5-1-3-7-16-12)18-15(10-11)13-6-2-4-8-17-13/h1,3,5-10H,2,4H2,(H,18,19). The number of thiol groups is 1. The molecule has 0 bridgehead atoms. The normalized spacial score (nSPS) is 14.3. The number of rotatable bonds is 2. The highest BCUT2D eigenvalue weighted by Gasteiger charge is 2.09. The Balaban J connectivity index is 2.06. The number of allylic oxidation sites excluding steroid dienone is 1. The number of pyridine rings is 2. The summed E-state index contributed by atoms with van der Waals surface area (Å²) in [7, 11) is 0. The van der Waals surface area contributed by atoms with Crippen LogP contribution in [0.1, 0.15) is 18.5 Å². The van der Waals surface area contributed by atoms with E-state index in [9.17, 15) is 0 Å². The average Bonchev–Trinajstić information content (AvgIpc) is 2.48. The summed E-state index contributed by atoms with van der Waals surface area (Å²) in [4.78, 5) is 14.2. The summed E-state index contributed by atoms with van der Waals surface area (Å²) in [5.41, 5.74) is 3.44. The third kappa shape index (κ3) is 2.74. The second-order valence-corrected chi connectivity index (χ2v) is 4.81. The molecule has 2 aromatic heterocycles. The van der Waals surface area contributed by atoms with Crippen LogP contribution in [0, 0.1) is 0 Å². The van der Waals surface area contributed by atoms with E-state index in [1.165, 1.54) is 0 Å². The van der Waals surface area contributed by atoms with Gasteiger partial charge in [0.2, 0.25) is 0 Å². The van der Waals surface area contributed by atoms with E-state index >= 15 is 0 Å². The SMILES string of the molecule is Sc1cc(C2=CCCC=N2)nc(-c2ccccn2)c1. The van der Waals surface area contributed by atoms with Crippen molar-refractivity contribution in [2.24, 2.45) is 4.99 Å². The van der Waals surface area contributed by atoms with Gasteiger partial charge in [0.1, 0.15) is 0 Å². The third-order valence-corrected chi connectivity index (χ3v) is 3.12. The van der Waals surface area contributed by atoms with Crippen LogP contribution >= 0.6 is 12.6 Å². The Morgan fingerprint density at radius 3 is 2.63 bits per heavy atom. The highest BCUT2D eigenvalue weighted by molar-refractivity contribution is 7.80. The Morgan fingerprint density at radius 1 is 1.00 bits per heavy atom. The molecular formula is C15H13N3S. The molecule has 3 heterocycles. The largest absolute Gasteiger partial charge is 0.259 e. The Bertz CT molecular complexity index is 648. The molecule has 19 heavy (non-hydrogen) atoms. The van der Waals surface area contributed by atoms with Crippen molar-refractivity contribution >= 4 is 24.5 Å². The number of aromatic nitrogens is 2. The Morgan fingerprint density at radius 2 is 1.89 bits per heavy atom. The van der Waals surface area contributed by atoms with Gasteiger partial charge < -0.3 is 0 Å². The highest BCUT2D eigenvalue weighted by Crippen LogP contribution is 2.24. The summed E-state index contributed by atoms with van der Waals surface area (Å²) in [6.45, 7) is 0. The number of hydrogen-bond donors (Lipinski definition) is 1. The van der Waals surface area contributed by atoms with E-state index in [-0.39, 0.29) is 0 Å². The summed E-state index contributed by atoms with van der Waals surface area (Å²) in [6.07, 6.45) is 7.81. The zero-order valence-electron chi connectivity index (χ0n) is 10.3. The van der Waals surface area contributed by atoms with Crippen LogP contribution in [0.2, 0.25) is 0 Å². The van der Waals surface area contributed by atoms with Gasteiger partial charge in [-0.2, -0.15) is 0 Å². The van der Waals surface area contributed by atoms with E-state index in [0.717, 1.165) is 40.5 Å². The fourth-order valence-corrected chi connectivity index (χ4v) is 2.22. The second kappa shape index (κ2) is 5.36. The minimum atomic E-state index is 0.824. The highest BCUT2D eigenvalue weighted by atomic mass is 32.1. The average molecular weight is 267 g/mol. The van der Waals surface area contributed by atoms with E-state index in [2.05, 4.69) is 33.7 Å². The van der Waals surface area contributed by atoms with Crippen LogP contribution in [0.25, 0.3) is 17.1 Å². The Labute approximate surface area is 117 Å². The van der Waals surface area contributed by atoms with Gasteiger partial charge in [-0.15, -0.1) is 12.6 Å². The summed E-state index contributed by atoms with van der Waals surface area (Å²) in [5.74, 6) is 0. The lowest BCUT2D eigenvalue weighted by molar-refractivity contribution is 1.08. The molecule has 0 saturated carbocycles. The van der Waals surface area contributed by atoms with Crippen molar-refractivity contribution < 1.29 is 0 Å². The van der Waals surface area contributed by atoms with Crippen LogP contribution in [0.15, 0.2) is 52.5 Å². The smallest absolute Gasteiger partial charge is 0.0905 e. The lowest BCUT2D eigenvalue weighted by Crippen LogP contribution is -1.95. The third-order valence-electron chi connectivity index (χ3n) is 2.86.